The van der Waals surface area contributed by atoms with E-state index < -0.39 is 0 Å². The second kappa shape index (κ2) is 2.35. The van der Waals surface area contributed by atoms with Gasteiger partial charge in [0, 0.05) is 6.07 Å². The topological polar surface area (TPSA) is 46.8 Å². The second-order valence-electron chi connectivity index (χ2n) is 1.96. The fourth-order valence-electron chi connectivity index (χ4n) is 0.810. The van der Waals surface area contributed by atoms with E-state index in [1.54, 1.807) is 23.1 Å². The molecule has 0 aliphatic heterocycles. The quantitative estimate of drug-likeness (QED) is 0.655. The molecule has 5 heteroatoms. The number of hydrogen-bond donors (Lipinski definition) is 1. The van der Waals surface area contributed by atoms with Crippen LogP contribution in [0.4, 0.5) is 0 Å². The molecule has 2 rings (SSSR count). The lowest BCUT2D eigenvalue weighted by Crippen LogP contribution is -1.92. The highest BCUT2D eigenvalue weighted by molar-refractivity contribution is 7.71. The van der Waals surface area contributed by atoms with Gasteiger partial charge in [0.15, 0.2) is 0 Å². The van der Waals surface area contributed by atoms with Gasteiger partial charge in [0.2, 0.25) is 10.7 Å². The first-order valence-electron chi connectivity index (χ1n) is 3.04. The van der Waals surface area contributed by atoms with Crippen molar-refractivity contribution in [2.45, 2.75) is 0 Å². The van der Waals surface area contributed by atoms with Gasteiger partial charge >= 0.3 is 0 Å². The van der Waals surface area contributed by atoms with Crippen LogP contribution in [-0.2, 0) is 0 Å². The first kappa shape index (κ1) is 6.36. The number of rotatable bonds is 1. The number of aromatic amines is 1. The lowest BCUT2D eigenvalue weighted by molar-refractivity contribution is 0.520. The molecule has 0 aliphatic carbocycles. The smallest absolute Gasteiger partial charge is 0.223 e. The molecule has 4 nitrogen and oxygen atoms in total. The van der Waals surface area contributed by atoms with Crippen LogP contribution in [0.2, 0.25) is 0 Å². The largest absolute Gasteiger partial charge is 0.447 e. The Hall–Kier alpha value is -1.36. The van der Waals surface area contributed by atoms with Crippen molar-refractivity contribution in [1.82, 2.24) is 14.8 Å². The van der Waals surface area contributed by atoms with Gasteiger partial charge in [-0.3, -0.25) is 5.10 Å². The molecule has 0 aliphatic rings. The third-order valence-corrected chi connectivity index (χ3v) is 1.57. The van der Waals surface area contributed by atoms with Crippen molar-refractivity contribution in [3.05, 3.63) is 29.5 Å². The molecular formula is C6H5N3OS. The Morgan fingerprint density at radius 1 is 1.64 bits per heavy atom. The molecule has 1 N–H and O–H groups in total. The molecule has 11 heavy (non-hydrogen) atoms. The van der Waals surface area contributed by atoms with Gasteiger partial charge < -0.3 is 4.42 Å². The highest BCUT2D eigenvalue weighted by Gasteiger charge is 1.98. The first-order valence-corrected chi connectivity index (χ1v) is 3.45. The molecule has 2 heterocycles. The maximum absolute atomic E-state index is 5.08. The molecule has 2 aromatic rings. The molecule has 2 aromatic heterocycles. The molecule has 0 atom stereocenters. The Bertz CT molecular complexity index is 386. The Balaban J connectivity index is 2.62. The van der Waals surface area contributed by atoms with Crippen molar-refractivity contribution in [1.29, 1.82) is 0 Å². The van der Waals surface area contributed by atoms with Gasteiger partial charge in [-0.2, -0.15) is 4.68 Å². The molecule has 0 saturated carbocycles. The van der Waals surface area contributed by atoms with Crippen LogP contribution in [0.3, 0.4) is 0 Å². The summed E-state index contributed by atoms with van der Waals surface area (Å²) in [6, 6.07) is 3.59. The van der Waals surface area contributed by atoms with Gasteiger partial charge in [0.1, 0.15) is 6.33 Å². The SMILES string of the molecule is S=c1nc[nH]n1-c1ccco1. The van der Waals surface area contributed by atoms with Crippen LogP contribution in [0.5, 0.6) is 0 Å². The van der Waals surface area contributed by atoms with E-state index >= 15 is 0 Å². The Morgan fingerprint density at radius 2 is 2.55 bits per heavy atom. The molecule has 0 unspecified atom stereocenters. The summed E-state index contributed by atoms with van der Waals surface area (Å²) in [5, 5.41) is 2.82. The molecule has 0 spiro atoms. The minimum absolute atomic E-state index is 0.458. The maximum Gasteiger partial charge on any atom is 0.223 e. The van der Waals surface area contributed by atoms with Crippen LogP contribution >= 0.6 is 12.2 Å². The number of hydrogen-bond acceptors (Lipinski definition) is 3. The van der Waals surface area contributed by atoms with E-state index in [9.17, 15) is 0 Å². The number of H-pyrrole nitrogens is 1. The summed E-state index contributed by atoms with van der Waals surface area (Å²) in [5.74, 6) is 0.646. The summed E-state index contributed by atoms with van der Waals surface area (Å²) in [5.41, 5.74) is 0. The van der Waals surface area contributed by atoms with Gasteiger partial charge in [-0.05, 0) is 18.3 Å². The molecule has 0 radical (unpaired) electrons. The maximum atomic E-state index is 5.08. The highest BCUT2D eigenvalue weighted by Crippen LogP contribution is 2.05. The molecule has 0 aromatic carbocycles. The van der Waals surface area contributed by atoms with E-state index in [1.165, 1.54) is 6.33 Å². The highest BCUT2D eigenvalue weighted by atomic mass is 32.1. The van der Waals surface area contributed by atoms with Crippen LogP contribution in [0.1, 0.15) is 0 Å². The lowest BCUT2D eigenvalue weighted by Gasteiger charge is -1.92. The molecule has 56 valence electrons. The summed E-state index contributed by atoms with van der Waals surface area (Å²) >= 11 is 4.89. The number of nitrogens with one attached hydrogen (secondary N) is 1. The van der Waals surface area contributed by atoms with Gasteiger partial charge in [-0.25, -0.2) is 4.98 Å². The number of nitrogens with zero attached hydrogens (tertiary/aromatic N) is 2. The molecule has 0 bridgehead atoms. The normalized spacial score (nSPS) is 10.2. The minimum Gasteiger partial charge on any atom is -0.447 e. The van der Waals surface area contributed by atoms with Gasteiger partial charge in [-0.15, -0.1) is 0 Å². The van der Waals surface area contributed by atoms with E-state index in [1.807, 2.05) is 0 Å². The van der Waals surface area contributed by atoms with E-state index in [2.05, 4.69) is 10.1 Å². The predicted octanol–water partition coefficient (Wildman–Crippen LogP) is 1.52. The molecule has 0 amide bonds. The molecule has 0 fully saturated rings. The average molecular weight is 167 g/mol. The predicted molar refractivity (Wildman–Crippen MR) is 41.0 cm³/mol. The Morgan fingerprint density at radius 3 is 3.09 bits per heavy atom. The van der Waals surface area contributed by atoms with Crippen molar-refractivity contribution in [3.63, 3.8) is 0 Å². The zero-order valence-electron chi connectivity index (χ0n) is 5.52. The van der Waals surface area contributed by atoms with E-state index in [4.69, 9.17) is 16.6 Å². The lowest BCUT2D eigenvalue weighted by atomic mass is 10.6. The molecule has 0 saturated heterocycles. The zero-order chi connectivity index (χ0) is 7.68. The third kappa shape index (κ3) is 0.988. The summed E-state index contributed by atoms with van der Waals surface area (Å²) in [6.07, 6.45) is 3.10. The Kier molecular flexibility index (Phi) is 1.36. The third-order valence-electron chi connectivity index (χ3n) is 1.28. The Labute approximate surface area is 67.5 Å². The van der Waals surface area contributed by atoms with Crippen LogP contribution in [0.25, 0.3) is 5.88 Å². The van der Waals surface area contributed by atoms with E-state index in [0.717, 1.165) is 0 Å². The monoisotopic (exact) mass is 167 g/mol. The van der Waals surface area contributed by atoms with Crippen molar-refractivity contribution in [2.75, 3.05) is 0 Å². The molecular weight excluding hydrogens is 162 g/mol. The fourth-order valence-corrected chi connectivity index (χ4v) is 1.01. The van der Waals surface area contributed by atoms with Crippen molar-refractivity contribution in [3.8, 4) is 5.88 Å². The van der Waals surface area contributed by atoms with Gasteiger partial charge in [0.25, 0.3) is 0 Å². The van der Waals surface area contributed by atoms with Crippen molar-refractivity contribution < 1.29 is 4.42 Å². The second-order valence-corrected chi connectivity index (χ2v) is 2.32. The van der Waals surface area contributed by atoms with E-state index in [-0.39, 0.29) is 0 Å². The van der Waals surface area contributed by atoms with Gasteiger partial charge in [0.05, 0.1) is 6.26 Å². The van der Waals surface area contributed by atoms with Crippen molar-refractivity contribution in [2.24, 2.45) is 0 Å². The summed E-state index contributed by atoms with van der Waals surface area (Å²) in [7, 11) is 0. The summed E-state index contributed by atoms with van der Waals surface area (Å²) < 4.78 is 7.12. The van der Waals surface area contributed by atoms with Crippen molar-refractivity contribution >= 4 is 12.2 Å². The fraction of sp³-hybridized carbons (Fsp3) is 0. The number of furan rings is 1. The summed E-state index contributed by atoms with van der Waals surface area (Å²) in [4.78, 5) is 3.83. The van der Waals surface area contributed by atoms with E-state index in [0.29, 0.717) is 10.7 Å². The minimum atomic E-state index is 0.458. The standard InChI is InChI=1S/C6H5N3OS/c11-6-7-4-8-9(6)5-2-1-3-10-5/h1-4H,(H,7,8,11). The summed E-state index contributed by atoms with van der Waals surface area (Å²) in [6.45, 7) is 0. The zero-order valence-corrected chi connectivity index (χ0v) is 6.34. The van der Waals surface area contributed by atoms with Crippen LogP contribution in [0, 0.1) is 4.77 Å². The number of aromatic nitrogens is 3. The van der Waals surface area contributed by atoms with Crippen LogP contribution in [-0.4, -0.2) is 14.8 Å². The average Bonchev–Trinajstić information content (AvgIpc) is 2.55. The van der Waals surface area contributed by atoms with Crippen LogP contribution < -0.4 is 0 Å². The first-order chi connectivity index (χ1) is 5.38. The van der Waals surface area contributed by atoms with Crippen LogP contribution in [0.15, 0.2) is 29.1 Å². The van der Waals surface area contributed by atoms with Gasteiger partial charge in [-0.1, -0.05) is 0 Å².